The average Bonchev–Trinajstić information content (AvgIpc) is 2.28. The quantitative estimate of drug-likeness (QED) is 0.605. The van der Waals surface area contributed by atoms with Gasteiger partial charge in [-0.2, -0.15) is 8.42 Å². The highest BCUT2D eigenvalue weighted by Crippen LogP contribution is 2.28. The Kier molecular flexibility index (Phi) is 4.80. The molecule has 0 aliphatic rings. The molecule has 0 heterocycles. The van der Waals surface area contributed by atoms with Gasteiger partial charge in [0.1, 0.15) is 11.5 Å². The maximum absolute atomic E-state index is 11.0. The summed E-state index contributed by atoms with van der Waals surface area (Å²) in [4.78, 5) is 0. The lowest BCUT2D eigenvalue weighted by Gasteiger charge is -2.16. The van der Waals surface area contributed by atoms with Crippen molar-refractivity contribution >= 4 is 15.8 Å². The first kappa shape index (κ1) is 14.6. The van der Waals surface area contributed by atoms with E-state index in [0.29, 0.717) is 18.0 Å². The van der Waals surface area contributed by atoms with Crippen LogP contribution in [0, 0.1) is 0 Å². The van der Waals surface area contributed by atoms with E-state index < -0.39 is 15.6 Å². The van der Waals surface area contributed by atoms with Gasteiger partial charge in [-0.25, -0.2) is 0 Å². The molecule has 0 saturated carbocycles. The van der Waals surface area contributed by atoms with Crippen molar-refractivity contribution in [3.8, 4) is 11.5 Å². The number of hydrogen-bond donors (Lipinski definition) is 2. The van der Waals surface area contributed by atoms with E-state index in [9.17, 15) is 8.42 Å². The summed E-state index contributed by atoms with van der Waals surface area (Å²) < 4.78 is 41.5. The highest BCUT2D eigenvalue weighted by Gasteiger charge is 2.23. The van der Waals surface area contributed by atoms with E-state index in [0.717, 1.165) is 0 Å². The molecule has 1 unspecified atom stereocenters. The molecule has 0 aromatic heterocycles. The van der Waals surface area contributed by atoms with Crippen molar-refractivity contribution in [3.05, 3.63) is 18.2 Å². The SMILES string of the molecule is CCOc1cc(OC(CC)S(=O)(=O)O)ccc1N. The minimum Gasteiger partial charge on any atom is -0.492 e. The van der Waals surface area contributed by atoms with Gasteiger partial charge in [0.25, 0.3) is 0 Å². The van der Waals surface area contributed by atoms with E-state index in [1.165, 1.54) is 12.1 Å². The van der Waals surface area contributed by atoms with E-state index in [1.54, 1.807) is 19.9 Å². The van der Waals surface area contributed by atoms with Crippen LogP contribution in [0.4, 0.5) is 5.69 Å². The monoisotopic (exact) mass is 275 g/mol. The zero-order valence-electron chi connectivity index (χ0n) is 10.3. The van der Waals surface area contributed by atoms with Gasteiger partial charge in [0, 0.05) is 6.07 Å². The number of nitrogens with two attached hydrogens (primary N) is 1. The largest absolute Gasteiger partial charge is 0.492 e. The molecular formula is C11H17NO5S. The second kappa shape index (κ2) is 5.92. The molecule has 7 heteroatoms. The fourth-order valence-corrected chi connectivity index (χ4v) is 2.03. The smallest absolute Gasteiger partial charge is 0.303 e. The van der Waals surface area contributed by atoms with Crippen molar-refractivity contribution in [1.29, 1.82) is 0 Å². The molecule has 0 aliphatic carbocycles. The molecule has 0 amide bonds. The van der Waals surface area contributed by atoms with Gasteiger partial charge in [-0.15, -0.1) is 0 Å². The molecule has 6 nitrogen and oxygen atoms in total. The predicted octanol–water partition coefficient (Wildman–Crippen LogP) is 1.67. The van der Waals surface area contributed by atoms with E-state index in [4.69, 9.17) is 19.8 Å². The Morgan fingerprint density at radius 2 is 2.06 bits per heavy atom. The minimum absolute atomic E-state index is 0.132. The van der Waals surface area contributed by atoms with Gasteiger partial charge >= 0.3 is 10.1 Å². The fraction of sp³-hybridized carbons (Fsp3) is 0.455. The number of anilines is 1. The Balaban J connectivity index is 2.94. The number of nitrogen functional groups attached to an aromatic ring is 1. The van der Waals surface area contributed by atoms with Crippen molar-refractivity contribution in [2.75, 3.05) is 12.3 Å². The van der Waals surface area contributed by atoms with E-state index in [2.05, 4.69) is 0 Å². The summed E-state index contributed by atoms with van der Waals surface area (Å²) in [7, 11) is -4.24. The third-order valence-electron chi connectivity index (χ3n) is 2.22. The van der Waals surface area contributed by atoms with Gasteiger partial charge in [0.15, 0.2) is 0 Å². The summed E-state index contributed by atoms with van der Waals surface area (Å²) in [5, 5.41) is 0. The van der Waals surface area contributed by atoms with E-state index in [1.807, 2.05) is 0 Å². The third kappa shape index (κ3) is 3.78. The summed E-state index contributed by atoms with van der Waals surface area (Å²) in [6, 6.07) is 4.56. The minimum atomic E-state index is -4.24. The predicted molar refractivity (Wildman–Crippen MR) is 68.3 cm³/mol. The third-order valence-corrected chi connectivity index (χ3v) is 3.31. The highest BCUT2D eigenvalue weighted by atomic mass is 32.2. The van der Waals surface area contributed by atoms with Crippen molar-refractivity contribution in [2.45, 2.75) is 25.7 Å². The number of hydrogen-bond acceptors (Lipinski definition) is 5. The fourth-order valence-electron chi connectivity index (χ4n) is 1.38. The molecule has 0 fully saturated rings. The van der Waals surface area contributed by atoms with Crippen LogP contribution in [0.2, 0.25) is 0 Å². The molecule has 0 spiro atoms. The first-order chi connectivity index (χ1) is 8.38. The number of ether oxygens (including phenoxy) is 2. The molecule has 0 radical (unpaired) electrons. The molecule has 1 rings (SSSR count). The first-order valence-corrected chi connectivity index (χ1v) is 7.04. The molecule has 102 valence electrons. The topological polar surface area (TPSA) is 98.8 Å². The Bertz CT molecular complexity index is 500. The average molecular weight is 275 g/mol. The van der Waals surface area contributed by atoms with Crippen molar-refractivity contribution in [1.82, 2.24) is 0 Å². The van der Waals surface area contributed by atoms with Crippen molar-refractivity contribution < 1.29 is 22.4 Å². The lowest BCUT2D eigenvalue weighted by molar-refractivity contribution is 0.251. The van der Waals surface area contributed by atoms with Crippen LogP contribution in [0.3, 0.4) is 0 Å². The molecule has 1 atom stereocenters. The Hall–Kier alpha value is -1.47. The van der Waals surface area contributed by atoms with Crippen LogP contribution in [0.15, 0.2) is 18.2 Å². The first-order valence-electron chi connectivity index (χ1n) is 5.53. The maximum atomic E-state index is 11.0. The molecule has 0 aliphatic heterocycles. The highest BCUT2D eigenvalue weighted by molar-refractivity contribution is 7.86. The lowest BCUT2D eigenvalue weighted by Crippen LogP contribution is -2.26. The van der Waals surface area contributed by atoms with Gasteiger partial charge in [-0.1, -0.05) is 6.92 Å². The summed E-state index contributed by atoms with van der Waals surface area (Å²) in [6.07, 6.45) is 0.132. The summed E-state index contributed by atoms with van der Waals surface area (Å²) >= 11 is 0. The summed E-state index contributed by atoms with van der Waals surface area (Å²) in [6.45, 7) is 3.84. The number of rotatable bonds is 6. The second-order valence-electron chi connectivity index (χ2n) is 3.60. The molecule has 1 aromatic carbocycles. The van der Waals surface area contributed by atoms with Crippen molar-refractivity contribution in [2.24, 2.45) is 0 Å². The summed E-state index contributed by atoms with van der Waals surface area (Å²) in [5.74, 6) is 0.692. The molecule has 0 bridgehead atoms. The molecule has 0 saturated heterocycles. The standard InChI is InChI=1S/C11H17NO5S/c1-3-11(18(13,14)15)17-8-5-6-9(12)10(7-8)16-4-2/h5-7,11H,3-4,12H2,1-2H3,(H,13,14,15). The lowest BCUT2D eigenvalue weighted by atomic mass is 10.3. The zero-order chi connectivity index (χ0) is 13.8. The number of benzene rings is 1. The molecule has 18 heavy (non-hydrogen) atoms. The molecule has 1 aromatic rings. The van der Waals surface area contributed by atoms with Crippen LogP contribution in [-0.2, 0) is 10.1 Å². The Labute approximate surface area is 106 Å². The van der Waals surface area contributed by atoms with Gasteiger partial charge in [0.2, 0.25) is 5.44 Å². The summed E-state index contributed by atoms with van der Waals surface area (Å²) in [5.41, 5.74) is 4.82. The van der Waals surface area contributed by atoms with Crippen LogP contribution in [0.5, 0.6) is 11.5 Å². The van der Waals surface area contributed by atoms with Crippen LogP contribution in [0.1, 0.15) is 20.3 Å². The van der Waals surface area contributed by atoms with Gasteiger partial charge in [-0.05, 0) is 25.5 Å². The van der Waals surface area contributed by atoms with Gasteiger partial charge in [-0.3, -0.25) is 4.55 Å². The van der Waals surface area contributed by atoms with Crippen LogP contribution in [0.25, 0.3) is 0 Å². The van der Waals surface area contributed by atoms with Crippen LogP contribution < -0.4 is 15.2 Å². The second-order valence-corrected chi connectivity index (χ2v) is 5.16. The van der Waals surface area contributed by atoms with Crippen LogP contribution in [-0.4, -0.2) is 25.0 Å². The molecular weight excluding hydrogens is 258 g/mol. The van der Waals surface area contributed by atoms with E-state index >= 15 is 0 Å². The zero-order valence-corrected chi connectivity index (χ0v) is 11.1. The van der Waals surface area contributed by atoms with Crippen molar-refractivity contribution in [3.63, 3.8) is 0 Å². The van der Waals surface area contributed by atoms with Crippen LogP contribution >= 0.6 is 0 Å². The van der Waals surface area contributed by atoms with E-state index in [-0.39, 0.29) is 12.2 Å². The Morgan fingerprint density at radius 3 is 2.56 bits per heavy atom. The van der Waals surface area contributed by atoms with Gasteiger partial charge in [0.05, 0.1) is 12.3 Å². The Morgan fingerprint density at radius 1 is 1.39 bits per heavy atom. The normalized spacial score (nSPS) is 13.1. The van der Waals surface area contributed by atoms with Gasteiger partial charge < -0.3 is 15.2 Å². The maximum Gasteiger partial charge on any atom is 0.303 e. The molecule has 3 N–H and O–H groups in total.